The summed E-state index contributed by atoms with van der Waals surface area (Å²) in [6.45, 7) is 2.34. The molecule has 0 fully saturated rings. The molecule has 0 aromatic heterocycles. The molecule has 0 radical (unpaired) electrons. The van der Waals surface area contributed by atoms with Crippen molar-refractivity contribution in [2.45, 2.75) is 6.92 Å². The van der Waals surface area contributed by atoms with Crippen LogP contribution in [0.2, 0.25) is 0 Å². The zero-order valence-corrected chi connectivity index (χ0v) is 11.5. The van der Waals surface area contributed by atoms with Crippen LogP contribution in [-0.4, -0.2) is 22.9 Å². The van der Waals surface area contributed by atoms with Crippen LogP contribution in [0.25, 0.3) is 0 Å². The van der Waals surface area contributed by atoms with E-state index < -0.39 is 6.03 Å². The quantitative estimate of drug-likeness (QED) is 0.695. The molecule has 0 aliphatic heterocycles. The molecule has 21 heavy (non-hydrogen) atoms. The summed E-state index contributed by atoms with van der Waals surface area (Å²) in [6.07, 6.45) is 0. The average molecular weight is 288 g/mol. The molecule has 2 rings (SSSR count). The topological polar surface area (TPSA) is 90.8 Å². The number of para-hydroxylation sites is 2. The second-order valence-electron chi connectivity index (χ2n) is 4.25. The van der Waals surface area contributed by atoms with Gasteiger partial charge in [0.1, 0.15) is 17.2 Å². The lowest BCUT2D eigenvalue weighted by Crippen LogP contribution is -2.19. The fourth-order valence-electron chi connectivity index (χ4n) is 1.80. The van der Waals surface area contributed by atoms with E-state index in [1.807, 2.05) is 6.92 Å². The molecule has 0 unspecified atom stereocenters. The maximum absolute atomic E-state index is 11.9. The summed E-state index contributed by atoms with van der Waals surface area (Å²) in [4.78, 5) is 11.9. The van der Waals surface area contributed by atoms with Gasteiger partial charge in [0.2, 0.25) is 0 Å². The molecule has 0 aliphatic carbocycles. The fraction of sp³-hybridized carbons (Fsp3) is 0.133. The van der Waals surface area contributed by atoms with E-state index in [0.717, 1.165) is 0 Å². The Kier molecular flexibility index (Phi) is 4.50. The van der Waals surface area contributed by atoms with Gasteiger partial charge in [0.15, 0.2) is 0 Å². The van der Waals surface area contributed by atoms with Gasteiger partial charge in [0.05, 0.1) is 12.3 Å². The number of hydrogen-bond donors (Lipinski definition) is 4. The SMILES string of the molecule is CCOc1ccccc1NC(=O)Nc1cc(O)cc(O)c1. The number of hydrogen-bond acceptors (Lipinski definition) is 4. The van der Waals surface area contributed by atoms with Crippen LogP contribution < -0.4 is 15.4 Å². The maximum Gasteiger partial charge on any atom is 0.323 e. The second kappa shape index (κ2) is 6.51. The van der Waals surface area contributed by atoms with Crippen molar-refractivity contribution in [2.75, 3.05) is 17.2 Å². The number of urea groups is 1. The van der Waals surface area contributed by atoms with Crippen LogP contribution in [-0.2, 0) is 0 Å². The Morgan fingerprint density at radius 1 is 1.10 bits per heavy atom. The Morgan fingerprint density at radius 3 is 2.43 bits per heavy atom. The summed E-state index contributed by atoms with van der Waals surface area (Å²) in [5.74, 6) is 0.286. The van der Waals surface area contributed by atoms with Gasteiger partial charge in [0, 0.05) is 23.9 Å². The number of phenolic OH excluding ortho intramolecular Hbond substituents is 2. The Hall–Kier alpha value is -2.89. The van der Waals surface area contributed by atoms with Crippen molar-refractivity contribution < 1.29 is 19.7 Å². The number of rotatable bonds is 4. The first kappa shape index (κ1) is 14.5. The van der Waals surface area contributed by atoms with Gasteiger partial charge in [-0.05, 0) is 19.1 Å². The lowest BCUT2D eigenvalue weighted by Gasteiger charge is -2.12. The zero-order valence-electron chi connectivity index (χ0n) is 11.5. The summed E-state index contributed by atoms with van der Waals surface area (Å²) < 4.78 is 5.40. The lowest BCUT2D eigenvalue weighted by molar-refractivity contribution is 0.262. The fourth-order valence-corrected chi connectivity index (χ4v) is 1.80. The van der Waals surface area contributed by atoms with Crippen LogP contribution in [0.5, 0.6) is 17.2 Å². The van der Waals surface area contributed by atoms with Crippen molar-refractivity contribution in [3.63, 3.8) is 0 Å². The molecule has 0 saturated heterocycles. The molecule has 2 aromatic carbocycles. The number of benzene rings is 2. The van der Waals surface area contributed by atoms with E-state index in [1.54, 1.807) is 24.3 Å². The number of ether oxygens (including phenoxy) is 1. The first-order chi connectivity index (χ1) is 10.1. The van der Waals surface area contributed by atoms with Crippen molar-refractivity contribution in [1.29, 1.82) is 0 Å². The Morgan fingerprint density at radius 2 is 1.76 bits per heavy atom. The van der Waals surface area contributed by atoms with Gasteiger partial charge in [-0.3, -0.25) is 0 Å². The van der Waals surface area contributed by atoms with Crippen molar-refractivity contribution in [1.82, 2.24) is 0 Å². The standard InChI is InChI=1S/C15H16N2O4/c1-2-21-14-6-4-3-5-13(14)17-15(20)16-10-7-11(18)9-12(19)8-10/h3-9,18-19H,2H2,1H3,(H2,16,17,20). The van der Waals surface area contributed by atoms with Crippen LogP contribution >= 0.6 is 0 Å². The van der Waals surface area contributed by atoms with Gasteiger partial charge in [-0.2, -0.15) is 0 Å². The normalized spacial score (nSPS) is 9.95. The number of carbonyl (C=O) groups excluding carboxylic acids is 1. The Bertz CT molecular complexity index is 623. The molecule has 0 bridgehead atoms. The average Bonchev–Trinajstić information content (AvgIpc) is 2.40. The number of amides is 2. The predicted octanol–water partition coefficient (Wildman–Crippen LogP) is 3.14. The third-order valence-corrected chi connectivity index (χ3v) is 2.60. The van der Waals surface area contributed by atoms with E-state index in [-0.39, 0.29) is 17.2 Å². The van der Waals surface area contributed by atoms with Gasteiger partial charge < -0.3 is 25.6 Å². The molecular formula is C15H16N2O4. The molecule has 6 heteroatoms. The van der Waals surface area contributed by atoms with Gasteiger partial charge in [-0.15, -0.1) is 0 Å². The van der Waals surface area contributed by atoms with Gasteiger partial charge in [0.25, 0.3) is 0 Å². The van der Waals surface area contributed by atoms with Gasteiger partial charge in [-0.1, -0.05) is 12.1 Å². The molecule has 0 atom stereocenters. The van der Waals surface area contributed by atoms with Crippen molar-refractivity contribution in [2.24, 2.45) is 0 Å². The third-order valence-electron chi connectivity index (χ3n) is 2.60. The van der Waals surface area contributed by atoms with Crippen molar-refractivity contribution in [3.05, 3.63) is 42.5 Å². The minimum absolute atomic E-state index is 0.139. The van der Waals surface area contributed by atoms with Crippen LogP contribution in [0.4, 0.5) is 16.2 Å². The lowest BCUT2D eigenvalue weighted by atomic mass is 10.3. The highest BCUT2D eigenvalue weighted by Gasteiger charge is 2.08. The Labute approximate surface area is 122 Å². The van der Waals surface area contributed by atoms with Crippen LogP contribution in [0.1, 0.15) is 6.92 Å². The second-order valence-corrected chi connectivity index (χ2v) is 4.25. The summed E-state index contributed by atoms with van der Waals surface area (Å²) in [5.41, 5.74) is 0.806. The third kappa shape index (κ3) is 4.04. The van der Waals surface area contributed by atoms with E-state index in [4.69, 9.17) is 4.74 Å². The molecule has 6 nitrogen and oxygen atoms in total. The minimum atomic E-state index is -0.507. The molecular weight excluding hydrogens is 272 g/mol. The summed E-state index contributed by atoms with van der Waals surface area (Å²) in [5, 5.41) is 23.9. The summed E-state index contributed by atoms with van der Waals surface area (Å²) in [7, 11) is 0. The largest absolute Gasteiger partial charge is 0.508 e. The first-order valence-corrected chi connectivity index (χ1v) is 6.41. The van der Waals surface area contributed by atoms with E-state index in [0.29, 0.717) is 18.0 Å². The minimum Gasteiger partial charge on any atom is -0.508 e. The molecule has 110 valence electrons. The highest BCUT2D eigenvalue weighted by molar-refractivity contribution is 6.00. The number of anilines is 2. The highest BCUT2D eigenvalue weighted by Crippen LogP contribution is 2.26. The van der Waals surface area contributed by atoms with Crippen molar-refractivity contribution in [3.8, 4) is 17.2 Å². The number of aromatic hydroxyl groups is 2. The van der Waals surface area contributed by atoms with E-state index in [9.17, 15) is 15.0 Å². The van der Waals surface area contributed by atoms with E-state index in [1.165, 1.54) is 18.2 Å². The molecule has 4 N–H and O–H groups in total. The number of phenols is 2. The van der Waals surface area contributed by atoms with E-state index >= 15 is 0 Å². The Balaban J connectivity index is 2.08. The van der Waals surface area contributed by atoms with Crippen molar-refractivity contribution >= 4 is 17.4 Å². The maximum atomic E-state index is 11.9. The molecule has 2 aromatic rings. The van der Waals surface area contributed by atoms with Gasteiger partial charge >= 0.3 is 6.03 Å². The molecule has 0 spiro atoms. The molecule has 0 aliphatic rings. The monoisotopic (exact) mass is 288 g/mol. The summed E-state index contributed by atoms with van der Waals surface area (Å²) >= 11 is 0. The van der Waals surface area contributed by atoms with E-state index in [2.05, 4.69) is 10.6 Å². The van der Waals surface area contributed by atoms with Crippen LogP contribution in [0.3, 0.4) is 0 Å². The molecule has 2 amide bonds. The van der Waals surface area contributed by atoms with Gasteiger partial charge in [-0.25, -0.2) is 4.79 Å². The molecule has 0 saturated carbocycles. The molecule has 0 heterocycles. The van der Waals surface area contributed by atoms with Crippen LogP contribution in [0, 0.1) is 0 Å². The first-order valence-electron chi connectivity index (χ1n) is 6.41. The smallest absolute Gasteiger partial charge is 0.323 e. The number of carbonyl (C=O) groups is 1. The van der Waals surface area contributed by atoms with Crippen LogP contribution in [0.15, 0.2) is 42.5 Å². The highest BCUT2D eigenvalue weighted by atomic mass is 16.5. The number of nitrogens with one attached hydrogen (secondary N) is 2. The summed E-state index contributed by atoms with van der Waals surface area (Å²) in [6, 6.07) is 10.4. The predicted molar refractivity (Wildman–Crippen MR) is 80.0 cm³/mol. The zero-order chi connectivity index (χ0) is 15.2.